The number of rotatable bonds is 5. The van der Waals surface area contributed by atoms with Crippen molar-refractivity contribution in [3.05, 3.63) is 30.4 Å². The fourth-order valence-electron chi connectivity index (χ4n) is 4.00. The Labute approximate surface area is 146 Å². The number of likely N-dealkylation sites (tertiary alicyclic amines) is 1. The van der Waals surface area contributed by atoms with E-state index in [4.69, 9.17) is 0 Å². The van der Waals surface area contributed by atoms with Gasteiger partial charge in [0.2, 0.25) is 5.91 Å². The van der Waals surface area contributed by atoms with Gasteiger partial charge in [0.15, 0.2) is 5.82 Å². The van der Waals surface area contributed by atoms with Crippen molar-refractivity contribution >= 4 is 5.91 Å². The molecule has 3 N–H and O–H groups in total. The standard InChI is InChI=1S/C17H23N7O/c1-24-9-13-8-19-10-17(13,11-24)16(25)20-6-4-14-21-15(23-22-14)12-3-2-5-18-7-12/h2-3,5,7,13,19H,4,6,8-11H2,1H3,(H,20,25)(H,21,22,23)/t13-,17-/m1/s1. The molecule has 0 bridgehead atoms. The molecule has 2 fully saturated rings. The van der Waals surface area contributed by atoms with Crippen molar-refractivity contribution in [2.75, 3.05) is 39.8 Å². The van der Waals surface area contributed by atoms with Crippen LogP contribution in [0.3, 0.4) is 0 Å². The molecular weight excluding hydrogens is 318 g/mol. The first kappa shape index (κ1) is 16.2. The zero-order chi connectivity index (χ0) is 17.3. The zero-order valence-electron chi connectivity index (χ0n) is 14.3. The molecule has 8 nitrogen and oxygen atoms in total. The van der Waals surface area contributed by atoms with Gasteiger partial charge in [-0.15, -0.1) is 0 Å². The minimum absolute atomic E-state index is 0.152. The first-order valence-electron chi connectivity index (χ1n) is 8.67. The number of nitrogens with one attached hydrogen (secondary N) is 3. The van der Waals surface area contributed by atoms with E-state index < -0.39 is 0 Å². The average molecular weight is 341 g/mol. The lowest BCUT2D eigenvalue weighted by molar-refractivity contribution is -0.130. The maximum absolute atomic E-state index is 12.8. The van der Waals surface area contributed by atoms with E-state index in [0.717, 1.165) is 37.6 Å². The number of pyridine rings is 1. The number of aromatic amines is 1. The summed E-state index contributed by atoms with van der Waals surface area (Å²) >= 11 is 0. The molecule has 0 unspecified atom stereocenters. The normalized spacial score (nSPS) is 25.9. The number of hydrogen-bond donors (Lipinski definition) is 3. The molecule has 4 heterocycles. The molecule has 25 heavy (non-hydrogen) atoms. The molecule has 2 aromatic heterocycles. The number of amides is 1. The van der Waals surface area contributed by atoms with Crippen LogP contribution in [0.25, 0.3) is 11.4 Å². The predicted octanol–water partition coefficient (Wildman–Crippen LogP) is -0.323. The number of hydrogen-bond acceptors (Lipinski definition) is 6. The van der Waals surface area contributed by atoms with E-state index in [1.165, 1.54) is 0 Å². The molecule has 0 radical (unpaired) electrons. The van der Waals surface area contributed by atoms with Crippen molar-refractivity contribution in [3.63, 3.8) is 0 Å². The summed E-state index contributed by atoms with van der Waals surface area (Å²) in [5.41, 5.74) is 0.596. The second-order valence-electron chi connectivity index (χ2n) is 7.03. The predicted molar refractivity (Wildman–Crippen MR) is 92.6 cm³/mol. The van der Waals surface area contributed by atoms with Crippen LogP contribution >= 0.6 is 0 Å². The lowest BCUT2D eigenvalue weighted by atomic mass is 9.80. The van der Waals surface area contributed by atoms with Crippen molar-refractivity contribution in [1.29, 1.82) is 0 Å². The summed E-state index contributed by atoms with van der Waals surface area (Å²) in [4.78, 5) is 23.6. The van der Waals surface area contributed by atoms with Gasteiger partial charge < -0.3 is 15.5 Å². The lowest BCUT2D eigenvalue weighted by Crippen LogP contribution is -2.47. The van der Waals surface area contributed by atoms with Crippen LogP contribution in [-0.4, -0.2) is 70.7 Å². The Morgan fingerprint density at radius 3 is 3.28 bits per heavy atom. The van der Waals surface area contributed by atoms with Crippen LogP contribution in [0, 0.1) is 11.3 Å². The molecule has 0 aliphatic carbocycles. The Morgan fingerprint density at radius 2 is 2.44 bits per heavy atom. The van der Waals surface area contributed by atoms with Crippen LogP contribution in [0.15, 0.2) is 24.5 Å². The summed E-state index contributed by atoms with van der Waals surface area (Å²) in [5.74, 6) is 1.95. The van der Waals surface area contributed by atoms with E-state index in [1.54, 1.807) is 12.4 Å². The Kier molecular flexibility index (Phi) is 4.22. The van der Waals surface area contributed by atoms with Gasteiger partial charge >= 0.3 is 0 Å². The van der Waals surface area contributed by atoms with Crippen molar-refractivity contribution < 1.29 is 4.79 Å². The molecule has 132 valence electrons. The third kappa shape index (κ3) is 3.03. The molecule has 2 aromatic rings. The minimum Gasteiger partial charge on any atom is -0.355 e. The first-order chi connectivity index (χ1) is 12.2. The van der Waals surface area contributed by atoms with Gasteiger partial charge in [-0.3, -0.25) is 14.9 Å². The van der Waals surface area contributed by atoms with Crippen molar-refractivity contribution in [3.8, 4) is 11.4 Å². The second-order valence-corrected chi connectivity index (χ2v) is 7.03. The summed E-state index contributed by atoms with van der Waals surface area (Å²) in [6, 6.07) is 3.78. The van der Waals surface area contributed by atoms with Gasteiger partial charge in [0.1, 0.15) is 5.82 Å². The molecule has 2 aliphatic rings. The fourth-order valence-corrected chi connectivity index (χ4v) is 4.00. The topological polar surface area (TPSA) is 98.8 Å². The van der Waals surface area contributed by atoms with E-state index in [9.17, 15) is 4.79 Å². The number of aromatic nitrogens is 4. The summed E-state index contributed by atoms with van der Waals surface area (Å²) < 4.78 is 0. The van der Waals surface area contributed by atoms with E-state index in [2.05, 4.69) is 42.7 Å². The molecule has 2 saturated heterocycles. The van der Waals surface area contributed by atoms with Crippen LogP contribution in [0.1, 0.15) is 5.82 Å². The fraction of sp³-hybridized carbons (Fsp3) is 0.529. The smallest absolute Gasteiger partial charge is 0.229 e. The largest absolute Gasteiger partial charge is 0.355 e. The van der Waals surface area contributed by atoms with E-state index in [1.807, 2.05) is 12.1 Å². The van der Waals surface area contributed by atoms with Crippen molar-refractivity contribution in [2.45, 2.75) is 6.42 Å². The summed E-state index contributed by atoms with van der Waals surface area (Å²) in [7, 11) is 2.09. The highest BCUT2D eigenvalue weighted by Crippen LogP contribution is 2.38. The maximum atomic E-state index is 12.8. The lowest BCUT2D eigenvalue weighted by Gasteiger charge is -2.26. The molecule has 0 saturated carbocycles. The molecular formula is C17H23N7O. The van der Waals surface area contributed by atoms with Crippen molar-refractivity contribution in [1.82, 2.24) is 35.7 Å². The van der Waals surface area contributed by atoms with Gasteiger partial charge in [-0.2, -0.15) is 5.10 Å². The van der Waals surface area contributed by atoms with E-state index in [0.29, 0.717) is 24.7 Å². The number of nitrogens with zero attached hydrogens (tertiary/aromatic N) is 4. The monoisotopic (exact) mass is 341 g/mol. The van der Waals surface area contributed by atoms with Gasteiger partial charge in [0.25, 0.3) is 0 Å². The van der Waals surface area contributed by atoms with Crippen LogP contribution in [0.4, 0.5) is 0 Å². The van der Waals surface area contributed by atoms with Gasteiger partial charge in [0, 0.05) is 63.0 Å². The minimum atomic E-state index is -0.281. The molecule has 0 aromatic carbocycles. The van der Waals surface area contributed by atoms with Crippen LogP contribution in [0.2, 0.25) is 0 Å². The van der Waals surface area contributed by atoms with Crippen LogP contribution < -0.4 is 10.6 Å². The van der Waals surface area contributed by atoms with E-state index >= 15 is 0 Å². The molecule has 4 rings (SSSR count). The Bertz CT molecular complexity index is 746. The Hall–Kier alpha value is -2.32. The third-order valence-electron chi connectivity index (χ3n) is 5.25. The highest BCUT2D eigenvalue weighted by molar-refractivity contribution is 5.84. The van der Waals surface area contributed by atoms with E-state index in [-0.39, 0.29) is 11.3 Å². The Morgan fingerprint density at radius 1 is 1.52 bits per heavy atom. The summed E-state index contributed by atoms with van der Waals surface area (Å²) in [6.45, 7) is 4.05. The quantitative estimate of drug-likeness (QED) is 0.689. The van der Waals surface area contributed by atoms with Crippen molar-refractivity contribution in [2.24, 2.45) is 11.3 Å². The highest BCUT2D eigenvalue weighted by Gasteiger charge is 2.53. The van der Waals surface area contributed by atoms with Crippen LogP contribution in [0.5, 0.6) is 0 Å². The molecule has 1 amide bonds. The number of carbonyl (C=O) groups excluding carboxylic acids is 1. The Balaban J connectivity index is 1.34. The average Bonchev–Trinajstić information content (AvgIpc) is 3.30. The first-order valence-corrected chi connectivity index (χ1v) is 8.67. The summed E-state index contributed by atoms with van der Waals surface area (Å²) in [6.07, 6.45) is 4.08. The van der Waals surface area contributed by atoms with Gasteiger partial charge in [-0.25, -0.2) is 4.98 Å². The van der Waals surface area contributed by atoms with Gasteiger partial charge in [-0.05, 0) is 19.2 Å². The highest BCUT2D eigenvalue weighted by atomic mass is 16.2. The van der Waals surface area contributed by atoms with Gasteiger partial charge in [-0.1, -0.05) is 0 Å². The van der Waals surface area contributed by atoms with Gasteiger partial charge in [0.05, 0.1) is 5.41 Å². The number of fused-ring (bicyclic) bond motifs is 1. The molecule has 2 atom stereocenters. The SMILES string of the molecule is CN1C[C@H]2CNC[C@@]2(C(=O)NCCc2nc(-c3cccnc3)n[nH]2)C1. The third-order valence-corrected chi connectivity index (χ3v) is 5.25. The molecule has 2 aliphatic heterocycles. The molecule has 0 spiro atoms. The maximum Gasteiger partial charge on any atom is 0.229 e. The summed E-state index contributed by atoms with van der Waals surface area (Å²) in [5, 5.41) is 13.6. The number of H-pyrrole nitrogens is 1. The molecule has 8 heteroatoms. The second kappa shape index (κ2) is 6.53. The number of carbonyl (C=O) groups is 1. The van der Waals surface area contributed by atoms with Crippen LogP contribution in [-0.2, 0) is 11.2 Å². The zero-order valence-corrected chi connectivity index (χ0v) is 14.3.